The first kappa shape index (κ1) is 20.8. The van der Waals surface area contributed by atoms with Crippen LogP contribution >= 0.6 is 23.2 Å². The largest absolute Gasteiger partial charge is 0.322 e. The molecule has 1 amide bonds. The summed E-state index contributed by atoms with van der Waals surface area (Å²) in [5, 5.41) is 13.9. The van der Waals surface area contributed by atoms with Crippen LogP contribution in [0.25, 0.3) is 0 Å². The summed E-state index contributed by atoms with van der Waals surface area (Å²) in [4.78, 5) is 22.5. The lowest BCUT2D eigenvalue weighted by atomic mass is 10.2. The third-order valence-corrected chi connectivity index (χ3v) is 6.52. The highest BCUT2D eigenvalue weighted by Crippen LogP contribution is 2.28. The first-order valence-corrected chi connectivity index (χ1v) is 10.3. The molecule has 0 aromatic heterocycles. The maximum atomic E-state index is 13.0. The molecule has 7 nitrogen and oxygen atoms in total. The second kappa shape index (κ2) is 8.20. The van der Waals surface area contributed by atoms with E-state index in [1.807, 2.05) is 0 Å². The fraction of sp³-hybridized carbons (Fsp3) is 0. The Morgan fingerprint density at radius 3 is 2.21 bits per heavy atom. The molecule has 0 bridgehead atoms. The normalized spacial score (nSPS) is 11.1. The number of hydrogen-bond acceptors (Lipinski definition) is 5. The lowest BCUT2D eigenvalue weighted by Crippen LogP contribution is -2.16. The molecule has 3 rings (SSSR count). The van der Waals surface area contributed by atoms with Crippen LogP contribution in [0.2, 0.25) is 10.0 Å². The van der Waals surface area contributed by atoms with E-state index in [2.05, 4.69) is 5.32 Å². The number of benzene rings is 3. The number of carbonyl (C=O) groups excluding carboxylic acids is 1. The Kier molecular flexibility index (Phi) is 5.88. The maximum Gasteiger partial charge on any atom is 0.269 e. The number of halogens is 2. The smallest absolute Gasteiger partial charge is 0.269 e. The number of nitro benzene ring substituents is 1. The summed E-state index contributed by atoms with van der Waals surface area (Å²) in [6, 6.07) is 14.6. The lowest BCUT2D eigenvalue weighted by molar-refractivity contribution is -0.384. The zero-order chi connectivity index (χ0) is 21.2. The van der Waals surface area contributed by atoms with Crippen LogP contribution in [0.4, 0.5) is 11.4 Å². The van der Waals surface area contributed by atoms with Crippen LogP contribution < -0.4 is 5.32 Å². The summed E-state index contributed by atoms with van der Waals surface area (Å²) in [6.07, 6.45) is 0. The summed E-state index contributed by atoms with van der Waals surface area (Å²) in [6.45, 7) is 0. The number of non-ortho nitro benzene ring substituents is 1. The Bertz CT molecular complexity index is 1210. The quantitative estimate of drug-likeness (QED) is 0.435. The molecule has 10 heteroatoms. The third kappa shape index (κ3) is 4.40. The number of nitrogens with zero attached hydrogens (tertiary/aromatic N) is 1. The van der Waals surface area contributed by atoms with Gasteiger partial charge < -0.3 is 5.32 Å². The summed E-state index contributed by atoms with van der Waals surface area (Å²) >= 11 is 11.8. The summed E-state index contributed by atoms with van der Waals surface area (Å²) < 4.78 is 26.0. The van der Waals surface area contributed by atoms with Gasteiger partial charge in [0, 0.05) is 17.8 Å². The van der Waals surface area contributed by atoms with Crippen molar-refractivity contribution < 1.29 is 18.1 Å². The summed E-state index contributed by atoms with van der Waals surface area (Å²) in [5.41, 5.74) is 0.0125. The van der Waals surface area contributed by atoms with Gasteiger partial charge in [-0.25, -0.2) is 8.42 Å². The van der Waals surface area contributed by atoms with E-state index in [9.17, 15) is 23.3 Å². The molecule has 3 aromatic carbocycles. The maximum absolute atomic E-state index is 13.0. The van der Waals surface area contributed by atoms with Crippen molar-refractivity contribution >= 4 is 50.3 Å². The second-order valence-corrected chi connectivity index (χ2v) is 8.57. The standard InChI is InChI=1S/C19H12Cl2N2O5S/c20-16-10-5-12(11-17(16)21)22-19(24)15-3-1-2-4-18(15)29(27,28)14-8-6-13(7-9-14)23(25)26/h1-11H,(H,22,24). The van der Waals surface area contributed by atoms with Crippen molar-refractivity contribution in [1.82, 2.24) is 0 Å². The van der Waals surface area contributed by atoms with Gasteiger partial charge in [0.15, 0.2) is 0 Å². The van der Waals surface area contributed by atoms with E-state index in [4.69, 9.17) is 23.2 Å². The van der Waals surface area contributed by atoms with Crippen molar-refractivity contribution in [2.75, 3.05) is 5.32 Å². The van der Waals surface area contributed by atoms with Gasteiger partial charge in [0.2, 0.25) is 9.84 Å². The zero-order valence-corrected chi connectivity index (χ0v) is 16.8. The minimum Gasteiger partial charge on any atom is -0.322 e. The van der Waals surface area contributed by atoms with Gasteiger partial charge in [-0.05, 0) is 42.5 Å². The fourth-order valence-electron chi connectivity index (χ4n) is 2.53. The van der Waals surface area contributed by atoms with Crippen molar-refractivity contribution in [3.63, 3.8) is 0 Å². The highest BCUT2D eigenvalue weighted by molar-refractivity contribution is 7.91. The minimum absolute atomic E-state index is 0.0862. The van der Waals surface area contributed by atoms with Crippen LogP contribution in [0.1, 0.15) is 10.4 Å². The first-order valence-electron chi connectivity index (χ1n) is 8.05. The van der Waals surface area contributed by atoms with Crippen LogP contribution in [-0.4, -0.2) is 19.2 Å². The van der Waals surface area contributed by atoms with Gasteiger partial charge in [0.05, 0.1) is 30.3 Å². The third-order valence-electron chi connectivity index (χ3n) is 3.96. The van der Waals surface area contributed by atoms with E-state index in [0.717, 1.165) is 24.3 Å². The van der Waals surface area contributed by atoms with Gasteiger partial charge in [-0.2, -0.15) is 0 Å². The van der Waals surface area contributed by atoms with Gasteiger partial charge in [-0.3, -0.25) is 14.9 Å². The van der Waals surface area contributed by atoms with E-state index in [0.29, 0.717) is 10.7 Å². The molecule has 0 fully saturated rings. The highest BCUT2D eigenvalue weighted by atomic mass is 35.5. The van der Waals surface area contributed by atoms with Crippen molar-refractivity contribution in [3.8, 4) is 0 Å². The predicted octanol–water partition coefficient (Wildman–Crippen LogP) is 4.99. The summed E-state index contributed by atoms with van der Waals surface area (Å²) in [7, 11) is -4.09. The van der Waals surface area contributed by atoms with Crippen LogP contribution in [0.5, 0.6) is 0 Å². The number of sulfone groups is 1. The summed E-state index contributed by atoms with van der Waals surface area (Å²) in [5.74, 6) is -0.663. The van der Waals surface area contributed by atoms with Crippen molar-refractivity contribution in [1.29, 1.82) is 0 Å². The highest BCUT2D eigenvalue weighted by Gasteiger charge is 2.25. The Morgan fingerprint density at radius 2 is 1.59 bits per heavy atom. The number of rotatable bonds is 5. The molecular formula is C19H12Cl2N2O5S. The van der Waals surface area contributed by atoms with Crippen molar-refractivity contribution in [2.24, 2.45) is 0 Å². The fourth-order valence-corrected chi connectivity index (χ4v) is 4.29. The average molecular weight is 451 g/mol. The topological polar surface area (TPSA) is 106 Å². The molecule has 0 atom stereocenters. The molecular weight excluding hydrogens is 439 g/mol. The van der Waals surface area contributed by atoms with E-state index < -0.39 is 20.7 Å². The van der Waals surface area contributed by atoms with Gasteiger partial charge in [-0.1, -0.05) is 35.3 Å². The lowest BCUT2D eigenvalue weighted by Gasteiger charge is -2.11. The molecule has 1 N–H and O–H groups in total. The van der Waals surface area contributed by atoms with E-state index >= 15 is 0 Å². The van der Waals surface area contributed by atoms with Gasteiger partial charge >= 0.3 is 0 Å². The number of hydrogen-bond donors (Lipinski definition) is 1. The predicted molar refractivity (Wildman–Crippen MR) is 109 cm³/mol. The number of anilines is 1. The molecule has 29 heavy (non-hydrogen) atoms. The molecule has 0 spiro atoms. The number of nitrogens with one attached hydrogen (secondary N) is 1. The Balaban J connectivity index is 1.98. The number of amides is 1. The van der Waals surface area contributed by atoms with Gasteiger partial charge in [0.25, 0.3) is 11.6 Å². The van der Waals surface area contributed by atoms with Gasteiger partial charge in [-0.15, -0.1) is 0 Å². The molecule has 0 saturated carbocycles. The first-order chi connectivity index (χ1) is 13.7. The molecule has 0 radical (unpaired) electrons. The Morgan fingerprint density at radius 1 is 0.931 bits per heavy atom. The molecule has 0 unspecified atom stereocenters. The van der Waals surface area contributed by atoms with Crippen LogP contribution in [0, 0.1) is 10.1 Å². The SMILES string of the molecule is O=C(Nc1ccc(Cl)c(Cl)c1)c1ccccc1S(=O)(=O)c1ccc([N+](=O)[O-])cc1. The van der Waals surface area contributed by atoms with E-state index in [1.165, 1.54) is 42.5 Å². The van der Waals surface area contributed by atoms with Crippen LogP contribution in [-0.2, 0) is 9.84 Å². The van der Waals surface area contributed by atoms with E-state index in [1.54, 1.807) is 0 Å². The molecule has 3 aromatic rings. The number of nitro groups is 1. The van der Waals surface area contributed by atoms with Gasteiger partial charge in [0.1, 0.15) is 0 Å². The van der Waals surface area contributed by atoms with E-state index in [-0.39, 0.29) is 26.1 Å². The van der Waals surface area contributed by atoms with Crippen molar-refractivity contribution in [2.45, 2.75) is 9.79 Å². The minimum atomic E-state index is -4.09. The molecule has 0 aliphatic heterocycles. The monoisotopic (exact) mass is 450 g/mol. The zero-order valence-electron chi connectivity index (χ0n) is 14.5. The molecule has 0 saturated heterocycles. The second-order valence-electron chi connectivity index (χ2n) is 5.83. The Hall–Kier alpha value is -2.94. The molecule has 148 valence electrons. The molecule has 0 heterocycles. The number of carbonyl (C=O) groups is 1. The molecule has 0 aliphatic rings. The van der Waals surface area contributed by atoms with Crippen molar-refractivity contribution in [3.05, 3.63) is 92.5 Å². The van der Waals surface area contributed by atoms with Crippen LogP contribution in [0.15, 0.2) is 76.5 Å². The van der Waals surface area contributed by atoms with Crippen LogP contribution in [0.3, 0.4) is 0 Å². The average Bonchev–Trinajstić information content (AvgIpc) is 2.70. The Labute approximate surface area is 176 Å². The molecule has 0 aliphatic carbocycles.